The molecule has 2 saturated heterocycles. The molecule has 5 heteroatoms. The number of pyridine rings is 1. The number of carbonyl (C=O) groups is 1. The summed E-state index contributed by atoms with van der Waals surface area (Å²) in [5.41, 5.74) is 1.73. The van der Waals surface area contributed by atoms with Gasteiger partial charge in [-0.2, -0.15) is 0 Å². The van der Waals surface area contributed by atoms with Crippen LogP contribution in [0.3, 0.4) is 0 Å². The second-order valence-electron chi connectivity index (χ2n) is 7.51. The fraction of sp³-hybridized carbons (Fsp3) is 0.455. The number of carbonyl (C=O) groups excluding carboxylic acids is 1. The predicted octanol–water partition coefficient (Wildman–Crippen LogP) is 3.12. The maximum Gasteiger partial charge on any atom is 0.233 e. The monoisotopic (exact) mass is 366 g/mol. The lowest BCUT2D eigenvalue weighted by Crippen LogP contribution is -2.49. The molecule has 3 heterocycles. The lowest BCUT2D eigenvalue weighted by atomic mass is 9.73. The summed E-state index contributed by atoms with van der Waals surface area (Å²) in [6.07, 6.45) is 4.11. The highest BCUT2D eigenvalue weighted by atomic mass is 16.5. The van der Waals surface area contributed by atoms with Crippen LogP contribution >= 0.6 is 0 Å². The molecule has 4 rings (SSSR count). The van der Waals surface area contributed by atoms with Gasteiger partial charge in [0.05, 0.1) is 12.0 Å². The minimum atomic E-state index is -0.476. The Hall–Kier alpha value is -2.40. The fourth-order valence-electron chi connectivity index (χ4n) is 4.11. The summed E-state index contributed by atoms with van der Waals surface area (Å²) >= 11 is 0. The van der Waals surface area contributed by atoms with Gasteiger partial charge in [-0.15, -0.1) is 0 Å². The van der Waals surface area contributed by atoms with E-state index in [1.54, 1.807) is 6.20 Å². The molecule has 1 amide bonds. The largest absolute Gasteiger partial charge is 0.472 e. The average molecular weight is 366 g/mol. The van der Waals surface area contributed by atoms with Crippen molar-refractivity contribution in [1.29, 1.82) is 0 Å². The van der Waals surface area contributed by atoms with Gasteiger partial charge in [0.1, 0.15) is 6.10 Å². The molecule has 5 nitrogen and oxygen atoms in total. The minimum absolute atomic E-state index is 0.00294. The van der Waals surface area contributed by atoms with Crippen LogP contribution < -0.4 is 4.74 Å². The Morgan fingerprint density at radius 3 is 2.67 bits per heavy atom. The summed E-state index contributed by atoms with van der Waals surface area (Å²) in [7, 11) is 0. The minimum Gasteiger partial charge on any atom is -0.472 e. The molecule has 1 aromatic carbocycles. The van der Waals surface area contributed by atoms with Gasteiger partial charge in [0.15, 0.2) is 0 Å². The highest BCUT2D eigenvalue weighted by Crippen LogP contribution is 2.37. The van der Waals surface area contributed by atoms with Crippen LogP contribution in [-0.4, -0.2) is 48.2 Å². The van der Waals surface area contributed by atoms with Gasteiger partial charge in [0.25, 0.3) is 0 Å². The lowest BCUT2D eigenvalue weighted by molar-refractivity contribution is -0.140. The zero-order valence-electron chi connectivity index (χ0n) is 15.8. The van der Waals surface area contributed by atoms with Crippen LogP contribution in [0.25, 0.3) is 0 Å². The number of nitrogens with zero attached hydrogens (tertiary/aromatic N) is 2. The van der Waals surface area contributed by atoms with E-state index in [0.29, 0.717) is 25.6 Å². The zero-order chi connectivity index (χ0) is 18.7. The third-order valence-electron chi connectivity index (χ3n) is 5.69. The number of hydrogen-bond donors (Lipinski definition) is 0. The first kappa shape index (κ1) is 18.0. The number of rotatable bonds is 4. The first-order valence-electron chi connectivity index (χ1n) is 9.69. The van der Waals surface area contributed by atoms with Crippen molar-refractivity contribution in [2.24, 2.45) is 0 Å². The van der Waals surface area contributed by atoms with Crippen LogP contribution in [-0.2, 0) is 14.9 Å². The molecule has 2 fully saturated rings. The molecule has 1 atom stereocenters. The van der Waals surface area contributed by atoms with Crippen molar-refractivity contribution in [2.75, 3.05) is 26.3 Å². The van der Waals surface area contributed by atoms with Gasteiger partial charge in [0, 0.05) is 38.4 Å². The first-order chi connectivity index (χ1) is 13.2. The average Bonchev–Trinajstić information content (AvgIpc) is 3.19. The number of aromatic nitrogens is 1. The van der Waals surface area contributed by atoms with Crippen molar-refractivity contribution in [3.05, 3.63) is 59.8 Å². The van der Waals surface area contributed by atoms with Gasteiger partial charge in [-0.05, 0) is 30.9 Å². The summed E-state index contributed by atoms with van der Waals surface area (Å²) in [6, 6.07) is 14.1. The van der Waals surface area contributed by atoms with E-state index in [1.165, 1.54) is 0 Å². The number of aryl methyl sites for hydroxylation is 1. The number of amides is 1. The van der Waals surface area contributed by atoms with E-state index in [-0.39, 0.29) is 12.0 Å². The van der Waals surface area contributed by atoms with Gasteiger partial charge < -0.3 is 14.4 Å². The highest BCUT2D eigenvalue weighted by molar-refractivity contribution is 5.88. The molecule has 0 N–H and O–H groups in total. The van der Waals surface area contributed by atoms with Crippen molar-refractivity contribution in [3.63, 3.8) is 0 Å². The lowest BCUT2D eigenvalue weighted by Gasteiger charge is -2.39. The van der Waals surface area contributed by atoms with Gasteiger partial charge >= 0.3 is 0 Å². The molecule has 2 aliphatic heterocycles. The Balaban J connectivity index is 1.48. The Kier molecular flexibility index (Phi) is 5.12. The van der Waals surface area contributed by atoms with Gasteiger partial charge in [-0.3, -0.25) is 4.79 Å². The van der Waals surface area contributed by atoms with Gasteiger partial charge in [-0.1, -0.05) is 36.4 Å². The maximum absolute atomic E-state index is 13.6. The zero-order valence-corrected chi connectivity index (χ0v) is 15.8. The first-order valence-corrected chi connectivity index (χ1v) is 9.69. The van der Waals surface area contributed by atoms with Crippen LogP contribution in [0.1, 0.15) is 30.4 Å². The third kappa shape index (κ3) is 3.69. The van der Waals surface area contributed by atoms with Gasteiger partial charge in [0.2, 0.25) is 11.8 Å². The number of ether oxygens (including phenoxy) is 2. The Morgan fingerprint density at radius 1 is 1.19 bits per heavy atom. The summed E-state index contributed by atoms with van der Waals surface area (Å²) < 4.78 is 11.6. The summed E-state index contributed by atoms with van der Waals surface area (Å²) in [5.74, 6) is 0.837. The van der Waals surface area contributed by atoms with E-state index in [2.05, 4.69) is 17.1 Å². The Labute approximate surface area is 160 Å². The third-order valence-corrected chi connectivity index (χ3v) is 5.69. The van der Waals surface area contributed by atoms with Crippen LogP contribution in [0, 0.1) is 6.92 Å². The summed E-state index contributed by atoms with van der Waals surface area (Å²) in [4.78, 5) is 19.9. The van der Waals surface area contributed by atoms with Crippen molar-refractivity contribution >= 4 is 5.91 Å². The number of hydrogen-bond acceptors (Lipinski definition) is 4. The second-order valence-corrected chi connectivity index (χ2v) is 7.51. The van der Waals surface area contributed by atoms with E-state index >= 15 is 0 Å². The topological polar surface area (TPSA) is 51.7 Å². The Morgan fingerprint density at radius 2 is 1.96 bits per heavy atom. The quantitative estimate of drug-likeness (QED) is 0.834. The molecular formula is C22H26N2O3. The van der Waals surface area contributed by atoms with Crippen LogP contribution in [0.5, 0.6) is 5.88 Å². The molecule has 0 saturated carbocycles. The molecule has 0 bridgehead atoms. The molecule has 27 heavy (non-hydrogen) atoms. The van der Waals surface area contributed by atoms with Crippen molar-refractivity contribution in [2.45, 2.75) is 37.7 Å². The van der Waals surface area contributed by atoms with E-state index in [4.69, 9.17) is 9.47 Å². The molecule has 142 valence electrons. The SMILES string of the molecule is Cc1ccc(OC2CCN(C(=O)C3(c4ccccc4)CCOCC3)C2)nc1. The predicted molar refractivity (Wildman–Crippen MR) is 103 cm³/mol. The Bertz CT molecular complexity index is 770. The van der Waals surface area contributed by atoms with Crippen LogP contribution in [0.2, 0.25) is 0 Å². The molecule has 2 aromatic rings. The van der Waals surface area contributed by atoms with Crippen molar-refractivity contribution in [1.82, 2.24) is 9.88 Å². The summed E-state index contributed by atoms with van der Waals surface area (Å²) in [5, 5.41) is 0. The normalized spacial score (nSPS) is 21.8. The number of likely N-dealkylation sites (tertiary alicyclic amines) is 1. The van der Waals surface area contributed by atoms with Crippen LogP contribution in [0.15, 0.2) is 48.7 Å². The second kappa shape index (κ2) is 7.69. The molecule has 0 spiro atoms. The highest BCUT2D eigenvalue weighted by Gasteiger charge is 2.45. The van der Waals surface area contributed by atoms with E-state index in [9.17, 15) is 4.79 Å². The smallest absolute Gasteiger partial charge is 0.233 e. The molecule has 0 aliphatic carbocycles. The van der Waals surface area contributed by atoms with E-state index < -0.39 is 5.41 Å². The fourth-order valence-corrected chi connectivity index (χ4v) is 4.11. The molecule has 1 aromatic heterocycles. The molecule has 2 aliphatic rings. The molecule has 1 unspecified atom stereocenters. The number of benzene rings is 1. The maximum atomic E-state index is 13.6. The van der Waals surface area contributed by atoms with E-state index in [0.717, 1.165) is 36.9 Å². The van der Waals surface area contributed by atoms with Crippen molar-refractivity contribution < 1.29 is 14.3 Å². The van der Waals surface area contributed by atoms with Crippen LogP contribution in [0.4, 0.5) is 0 Å². The van der Waals surface area contributed by atoms with E-state index in [1.807, 2.05) is 42.2 Å². The van der Waals surface area contributed by atoms with Gasteiger partial charge in [-0.25, -0.2) is 4.98 Å². The molecule has 0 radical (unpaired) electrons. The van der Waals surface area contributed by atoms with Crippen molar-refractivity contribution in [3.8, 4) is 5.88 Å². The summed E-state index contributed by atoms with van der Waals surface area (Å²) in [6.45, 7) is 4.60. The molecular weight excluding hydrogens is 340 g/mol. The standard InChI is InChI=1S/C22H26N2O3/c1-17-7-8-20(23-15-17)27-19-9-12-24(16-19)21(25)22(10-13-26-14-11-22)18-5-3-2-4-6-18/h2-8,15,19H,9-14,16H2,1H3.